The molecule has 0 bridgehead atoms. The number of carbonyl (C=O) groups excluding carboxylic acids is 1. The predicted octanol–water partition coefficient (Wildman–Crippen LogP) is 3.08. The summed E-state index contributed by atoms with van der Waals surface area (Å²) in [4.78, 5) is 16.6. The molecule has 0 saturated carbocycles. The molecule has 2 fully saturated rings. The largest absolute Gasteiger partial charge is 0.497 e. The van der Waals surface area contributed by atoms with Gasteiger partial charge in [-0.2, -0.15) is 0 Å². The molecular formula is C21H31FN2O3. The summed E-state index contributed by atoms with van der Waals surface area (Å²) in [5.74, 6) is 0.790. The van der Waals surface area contributed by atoms with Gasteiger partial charge in [-0.1, -0.05) is 0 Å². The molecule has 150 valence electrons. The fourth-order valence-electron chi connectivity index (χ4n) is 4.34. The molecule has 0 atom stereocenters. The quantitative estimate of drug-likeness (QED) is 0.684. The highest BCUT2D eigenvalue weighted by molar-refractivity contribution is 5.77. The summed E-state index contributed by atoms with van der Waals surface area (Å²) in [5, 5.41) is 0. The Bertz CT molecular complexity index is 644. The number of rotatable bonds is 7. The molecule has 0 N–H and O–H groups in total. The maximum atomic E-state index is 14.1. The average Bonchev–Trinajstić information content (AvgIpc) is 2.68. The Hall–Kier alpha value is -1.66. The van der Waals surface area contributed by atoms with E-state index in [1.54, 1.807) is 26.4 Å². The van der Waals surface area contributed by atoms with Gasteiger partial charge in [0.2, 0.25) is 5.91 Å². The first-order valence-corrected chi connectivity index (χ1v) is 9.87. The second-order valence-electron chi connectivity index (χ2n) is 7.90. The van der Waals surface area contributed by atoms with Crippen LogP contribution >= 0.6 is 0 Å². The third-order valence-electron chi connectivity index (χ3n) is 6.09. The summed E-state index contributed by atoms with van der Waals surface area (Å²) in [6.07, 6.45) is 4.64. The Kier molecular flexibility index (Phi) is 6.71. The molecule has 3 rings (SSSR count). The molecule has 0 radical (unpaired) electrons. The van der Waals surface area contributed by atoms with E-state index in [2.05, 4.69) is 4.90 Å². The number of carbonyl (C=O) groups is 1. The lowest BCUT2D eigenvalue weighted by atomic mass is 9.72. The van der Waals surface area contributed by atoms with Crippen molar-refractivity contribution in [2.24, 2.45) is 5.41 Å². The van der Waals surface area contributed by atoms with Gasteiger partial charge in [-0.3, -0.25) is 9.69 Å². The van der Waals surface area contributed by atoms with E-state index >= 15 is 0 Å². The first kappa shape index (κ1) is 20.1. The highest BCUT2D eigenvalue weighted by Gasteiger charge is 2.40. The van der Waals surface area contributed by atoms with Crippen molar-refractivity contribution in [3.05, 3.63) is 29.6 Å². The van der Waals surface area contributed by atoms with Gasteiger partial charge in [0, 0.05) is 45.3 Å². The maximum Gasteiger partial charge on any atom is 0.222 e. The molecular weight excluding hydrogens is 347 g/mol. The highest BCUT2D eigenvalue weighted by atomic mass is 19.1. The third-order valence-corrected chi connectivity index (χ3v) is 6.09. The normalized spacial score (nSPS) is 20.3. The van der Waals surface area contributed by atoms with Crippen molar-refractivity contribution in [2.75, 3.05) is 47.0 Å². The van der Waals surface area contributed by atoms with Gasteiger partial charge in [0.1, 0.15) is 11.6 Å². The zero-order valence-electron chi connectivity index (χ0n) is 16.5. The standard InChI is InChI=1S/C21H31FN2O3/c1-26-13-3-10-24-16-21(7-6-20(24)25)8-11-23(12-9-21)15-17-14-18(27-2)4-5-19(17)22/h4-5,14H,3,6-13,15-16H2,1-2H3. The fourth-order valence-corrected chi connectivity index (χ4v) is 4.34. The van der Waals surface area contributed by atoms with Crippen LogP contribution in [0.2, 0.25) is 0 Å². The van der Waals surface area contributed by atoms with Crippen LogP contribution in [0.5, 0.6) is 5.75 Å². The van der Waals surface area contributed by atoms with Crippen molar-refractivity contribution in [1.29, 1.82) is 0 Å². The topological polar surface area (TPSA) is 42.0 Å². The van der Waals surface area contributed by atoms with Crippen molar-refractivity contribution in [3.8, 4) is 5.75 Å². The number of benzene rings is 1. The number of hydrogen-bond acceptors (Lipinski definition) is 4. The van der Waals surface area contributed by atoms with Gasteiger partial charge in [0.25, 0.3) is 0 Å². The van der Waals surface area contributed by atoms with E-state index in [1.807, 2.05) is 4.90 Å². The van der Waals surface area contributed by atoms with E-state index < -0.39 is 0 Å². The zero-order valence-corrected chi connectivity index (χ0v) is 16.5. The van der Waals surface area contributed by atoms with Crippen LogP contribution in [-0.4, -0.2) is 62.7 Å². The van der Waals surface area contributed by atoms with E-state index in [9.17, 15) is 9.18 Å². The molecule has 1 amide bonds. The molecule has 5 nitrogen and oxygen atoms in total. The van der Waals surface area contributed by atoms with E-state index in [-0.39, 0.29) is 17.1 Å². The van der Waals surface area contributed by atoms with Gasteiger partial charge in [0.15, 0.2) is 0 Å². The second-order valence-corrected chi connectivity index (χ2v) is 7.90. The Labute approximate surface area is 161 Å². The maximum absolute atomic E-state index is 14.1. The van der Waals surface area contributed by atoms with E-state index in [0.717, 1.165) is 51.9 Å². The Morgan fingerprint density at radius 3 is 2.67 bits per heavy atom. The molecule has 0 unspecified atom stereocenters. The Morgan fingerprint density at radius 1 is 1.19 bits per heavy atom. The molecule has 1 aromatic rings. The van der Waals surface area contributed by atoms with Crippen LogP contribution in [0.15, 0.2) is 18.2 Å². The minimum atomic E-state index is -0.177. The summed E-state index contributed by atoms with van der Waals surface area (Å²) < 4.78 is 24.5. The molecule has 6 heteroatoms. The van der Waals surface area contributed by atoms with Crippen molar-refractivity contribution >= 4 is 5.91 Å². The van der Waals surface area contributed by atoms with E-state index in [4.69, 9.17) is 9.47 Å². The van der Waals surface area contributed by atoms with Crippen molar-refractivity contribution in [3.63, 3.8) is 0 Å². The Balaban J connectivity index is 1.55. The van der Waals surface area contributed by atoms with E-state index in [0.29, 0.717) is 30.9 Å². The number of methoxy groups -OCH3 is 2. The lowest BCUT2D eigenvalue weighted by molar-refractivity contribution is -0.139. The van der Waals surface area contributed by atoms with Crippen LogP contribution in [0.4, 0.5) is 4.39 Å². The van der Waals surface area contributed by atoms with Crippen LogP contribution < -0.4 is 4.74 Å². The van der Waals surface area contributed by atoms with Crippen LogP contribution in [0.1, 0.15) is 37.7 Å². The van der Waals surface area contributed by atoms with Crippen LogP contribution in [-0.2, 0) is 16.1 Å². The fraction of sp³-hybridized carbons (Fsp3) is 0.667. The molecule has 2 aliphatic rings. The number of halogens is 1. The summed E-state index contributed by atoms with van der Waals surface area (Å²) in [6.45, 7) is 4.82. The number of amides is 1. The van der Waals surface area contributed by atoms with Crippen molar-refractivity contribution < 1.29 is 18.7 Å². The molecule has 2 heterocycles. The molecule has 0 aromatic heterocycles. The number of ether oxygens (including phenoxy) is 2. The minimum absolute atomic E-state index is 0.177. The lowest BCUT2D eigenvalue weighted by Gasteiger charge is -2.47. The molecule has 0 aliphatic carbocycles. The SMILES string of the molecule is COCCCN1CC2(CCC1=O)CCN(Cc1cc(OC)ccc1F)CC2. The highest BCUT2D eigenvalue weighted by Crippen LogP contribution is 2.40. The van der Waals surface area contributed by atoms with Crippen LogP contribution in [0.3, 0.4) is 0 Å². The monoisotopic (exact) mass is 378 g/mol. The molecule has 27 heavy (non-hydrogen) atoms. The Morgan fingerprint density at radius 2 is 1.96 bits per heavy atom. The smallest absolute Gasteiger partial charge is 0.222 e. The number of likely N-dealkylation sites (tertiary alicyclic amines) is 2. The first-order valence-electron chi connectivity index (χ1n) is 9.87. The van der Waals surface area contributed by atoms with Crippen LogP contribution in [0.25, 0.3) is 0 Å². The number of nitrogens with zero attached hydrogens (tertiary/aromatic N) is 2. The van der Waals surface area contributed by atoms with Crippen molar-refractivity contribution in [1.82, 2.24) is 9.80 Å². The third kappa shape index (κ3) is 4.99. The van der Waals surface area contributed by atoms with Gasteiger partial charge < -0.3 is 14.4 Å². The predicted molar refractivity (Wildman–Crippen MR) is 102 cm³/mol. The van der Waals surface area contributed by atoms with Gasteiger partial charge >= 0.3 is 0 Å². The summed E-state index contributed by atoms with van der Waals surface area (Å²) in [5.41, 5.74) is 0.912. The lowest BCUT2D eigenvalue weighted by Crippen LogP contribution is -2.51. The molecule has 1 aromatic carbocycles. The van der Waals surface area contributed by atoms with E-state index in [1.165, 1.54) is 6.07 Å². The molecule has 2 aliphatic heterocycles. The molecule has 2 saturated heterocycles. The molecule has 1 spiro atoms. The van der Waals surface area contributed by atoms with Crippen molar-refractivity contribution in [2.45, 2.75) is 38.6 Å². The summed E-state index contributed by atoms with van der Waals surface area (Å²) in [7, 11) is 3.30. The van der Waals surface area contributed by atoms with Gasteiger partial charge in [-0.25, -0.2) is 4.39 Å². The number of hydrogen-bond donors (Lipinski definition) is 0. The number of piperidine rings is 2. The zero-order chi connectivity index (χ0) is 19.3. The minimum Gasteiger partial charge on any atom is -0.497 e. The van der Waals surface area contributed by atoms with Gasteiger partial charge in [-0.05, 0) is 62.4 Å². The first-order chi connectivity index (χ1) is 13.0. The summed E-state index contributed by atoms with van der Waals surface area (Å²) >= 11 is 0. The summed E-state index contributed by atoms with van der Waals surface area (Å²) in [6, 6.07) is 4.92. The van der Waals surface area contributed by atoms with Gasteiger partial charge in [-0.15, -0.1) is 0 Å². The van der Waals surface area contributed by atoms with Crippen LogP contribution in [0, 0.1) is 11.2 Å². The average molecular weight is 378 g/mol. The van der Waals surface area contributed by atoms with Gasteiger partial charge in [0.05, 0.1) is 7.11 Å². The second kappa shape index (κ2) is 9.02.